The maximum absolute atomic E-state index is 13.1. The summed E-state index contributed by atoms with van der Waals surface area (Å²) in [5, 5.41) is 0.421. The second-order valence-corrected chi connectivity index (χ2v) is 9.05. The number of hydrogen-bond acceptors (Lipinski definition) is 9. The lowest BCUT2D eigenvalue weighted by molar-refractivity contribution is 0.404. The number of rotatable bonds is 5. The molecule has 0 aliphatic heterocycles. The van der Waals surface area contributed by atoms with Gasteiger partial charge in [-0.05, 0) is 42.5 Å². The Balaban J connectivity index is 1.60. The largest absolute Gasteiger partial charge is 0.496 e. The van der Waals surface area contributed by atoms with Crippen LogP contribution in [0.1, 0.15) is 0 Å². The Labute approximate surface area is 195 Å². The van der Waals surface area contributed by atoms with Crippen molar-refractivity contribution in [1.29, 1.82) is 0 Å². The first-order valence-electron chi connectivity index (χ1n) is 9.39. The predicted molar refractivity (Wildman–Crippen MR) is 127 cm³/mol. The topological polar surface area (TPSA) is 79.4 Å². The molecule has 0 spiro atoms. The molecule has 10 heteroatoms. The van der Waals surface area contributed by atoms with Gasteiger partial charge in [0, 0.05) is 17.2 Å². The molecule has 0 amide bonds. The zero-order valence-electron chi connectivity index (χ0n) is 16.9. The van der Waals surface area contributed by atoms with E-state index in [2.05, 4.69) is 9.97 Å². The Morgan fingerprint density at radius 3 is 2.72 bits per heavy atom. The van der Waals surface area contributed by atoms with Crippen LogP contribution in [0.5, 0.6) is 11.5 Å². The Hall–Kier alpha value is -3.21. The molecule has 3 heterocycles. The Morgan fingerprint density at radius 1 is 1.09 bits per heavy atom. The van der Waals surface area contributed by atoms with E-state index in [1.54, 1.807) is 24.9 Å². The molecule has 160 valence electrons. The zero-order chi connectivity index (χ0) is 22.2. The number of nitrogens with zero attached hydrogens (tertiary/aromatic N) is 3. The molecule has 5 rings (SSSR count). The van der Waals surface area contributed by atoms with Gasteiger partial charge in [0.2, 0.25) is 10.7 Å². The maximum atomic E-state index is 13.1. The fraction of sp³-hybridized carbons (Fsp3) is 0.0909. The van der Waals surface area contributed by atoms with Crippen LogP contribution >= 0.6 is 35.3 Å². The average Bonchev–Trinajstić information content (AvgIpc) is 3.22. The van der Waals surface area contributed by atoms with Crippen molar-refractivity contribution in [2.45, 2.75) is 9.79 Å². The van der Waals surface area contributed by atoms with E-state index in [9.17, 15) is 4.79 Å². The highest BCUT2D eigenvalue weighted by Gasteiger charge is 2.17. The normalized spacial score (nSPS) is 11.2. The Morgan fingerprint density at radius 2 is 1.91 bits per heavy atom. The molecule has 0 saturated heterocycles. The number of aromatic nitrogens is 3. The lowest BCUT2D eigenvalue weighted by Crippen LogP contribution is -2.20. The van der Waals surface area contributed by atoms with Crippen LogP contribution in [0.4, 0.5) is 0 Å². The summed E-state index contributed by atoms with van der Waals surface area (Å²) in [6.07, 6.45) is 1.49. The van der Waals surface area contributed by atoms with Crippen molar-refractivity contribution in [2.24, 2.45) is 0 Å². The Bertz CT molecular complexity index is 1590. The third-order valence-electron chi connectivity index (χ3n) is 4.70. The highest BCUT2D eigenvalue weighted by molar-refractivity contribution is 7.99. The molecule has 0 fully saturated rings. The minimum atomic E-state index is -0.405. The molecule has 0 N–H and O–H groups in total. The average molecular weight is 482 g/mol. The van der Waals surface area contributed by atoms with Crippen molar-refractivity contribution in [2.75, 3.05) is 14.2 Å². The van der Waals surface area contributed by atoms with Gasteiger partial charge in [-0.3, -0.25) is 4.79 Å². The van der Waals surface area contributed by atoms with Crippen LogP contribution in [0.2, 0.25) is 0 Å². The minimum absolute atomic E-state index is 0.0172. The number of thiazole rings is 1. The van der Waals surface area contributed by atoms with E-state index in [0.29, 0.717) is 10.9 Å². The molecular weight excluding hydrogens is 466 g/mol. The summed E-state index contributed by atoms with van der Waals surface area (Å²) < 4.78 is 18.6. The molecule has 3 aromatic heterocycles. The standard InChI is InChI=1S/C22H15N3O4S3/c1-27-14-5-3-4-6-16(14)31-12-7-8-13-17(11-12)32-21(24-13)25-20(26)18-19(29-22(25)30)15(28-2)9-10-23-18/h3-11H,1-2H3. The molecule has 0 saturated carbocycles. The summed E-state index contributed by atoms with van der Waals surface area (Å²) in [6, 6.07) is 15.4. The second-order valence-electron chi connectivity index (χ2n) is 6.58. The molecule has 5 aromatic rings. The van der Waals surface area contributed by atoms with Crippen LogP contribution in [-0.2, 0) is 0 Å². The van der Waals surface area contributed by atoms with E-state index in [1.807, 2.05) is 42.5 Å². The van der Waals surface area contributed by atoms with Crippen molar-refractivity contribution in [1.82, 2.24) is 14.5 Å². The summed E-state index contributed by atoms with van der Waals surface area (Å²) in [7, 11) is 3.15. The SMILES string of the molecule is COc1ccccc1Sc1ccc2nc(-n3c(=S)oc4c(OC)ccnc4c3=O)sc2c1. The van der Waals surface area contributed by atoms with Crippen LogP contribution in [0.15, 0.2) is 73.7 Å². The minimum Gasteiger partial charge on any atom is -0.496 e. The molecule has 0 aliphatic carbocycles. The van der Waals surface area contributed by atoms with E-state index < -0.39 is 5.56 Å². The number of hydrogen-bond donors (Lipinski definition) is 0. The number of methoxy groups -OCH3 is 2. The van der Waals surface area contributed by atoms with Gasteiger partial charge in [-0.25, -0.2) is 14.5 Å². The molecule has 0 bridgehead atoms. The van der Waals surface area contributed by atoms with Crippen LogP contribution < -0.4 is 15.0 Å². The molecule has 0 unspecified atom stereocenters. The van der Waals surface area contributed by atoms with Gasteiger partial charge in [0.05, 0.1) is 29.3 Å². The molecule has 0 atom stereocenters. The first-order chi connectivity index (χ1) is 15.6. The molecule has 7 nitrogen and oxygen atoms in total. The van der Waals surface area contributed by atoms with Gasteiger partial charge in [0.15, 0.2) is 11.3 Å². The molecule has 0 aliphatic rings. The number of pyridine rings is 1. The van der Waals surface area contributed by atoms with E-state index in [0.717, 1.165) is 25.8 Å². The highest BCUT2D eigenvalue weighted by atomic mass is 32.2. The van der Waals surface area contributed by atoms with Gasteiger partial charge in [-0.1, -0.05) is 35.2 Å². The smallest absolute Gasteiger partial charge is 0.290 e. The predicted octanol–water partition coefficient (Wildman–Crippen LogP) is 5.49. The van der Waals surface area contributed by atoms with Crippen LogP contribution in [0.25, 0.3) is 26.4 Å². The van der Waals surface area contributed by atoms with Gasteiger partial charge in [0.1, 0.15) is 5.75 Å². The van der Waals surface area contributed by atoms with Crippen LogP contribution in [-0.4, -0.2) is 28.8 Å². The van der Waals surface area contributed by atoms with Crippen molar-refractivity contribution >= 4 is 56.6 Å². The van der Waals surface area contributed by atoms with E-state index >= 15 is 0 Å². The highest BCUT2D eigenvalue weighted by Crippen LogP contribution is 2.37. The first-order valence-corrected chi connectivity index (χ1v) is 11.4. The third kappa shape index (κ3) is 3.56. The van der Waals surface area contributed by atoms with Crippen molar-refractivity contribution < 1.29 is 13.9 Å². The lowest BCUT2D eigenvalue weighted by atomic mass is 10.3. The lowest BCUT2D eigenvalue weighted by Gasteiger charge is -2.07. The van der Waals surface area contributed by atoms with E-state index in [4.69, 9.17) is 26.1 Å². The van der Waals surface area contributed by atoms with Crippen molar-refractivity contribution in [3.8, 4) is 16.6 Å². The molecular formula is C22H15N3O4S3. The van der Waals surface area contributed by atoms with Gasteiger partial charge in [-0.2, -0.15) is 0 Å². The summed E-state index contributed by atoms with van der Waals surface area (Å²) >= 11 is 8.31. The number of ether oxygens (including phenoxy) is 2. The molecule has 0 radical (unpaired) electrons. The number of para-hydroxylation sites is 1. The summed E-state index contributed by atoms with van der Waals surface area (Å²) in [5.41, 5.74) is 0.703. The number of fused-ring (bicyclic) bond motifs is 2. The number of benzene rings is 2. The van der Waals surface area contributed by atoms with Gasteiger partial charge in [0.25, 0.3) is 10.4 Å². The summed E-state index contributed by atoms with van der Waals surface area (Å²) in [4.78, 5) is 23.9. The Kier molecular flexibility index (Phi) is 5.41. The van der Waals surface area contributed by atoms with Gasteiger partial charge < -0.3 is 13.9 Å². The fourth-order valence-electron chi connectivity index (χ4n) is 3.21. The van der Waals surface area contributed by atoms with Crippen molar-refractivity contribution in [3.63, 3.8) is 0 Å². The monoisotopic (exact) mass is 481 g/mol. The summed E-state index contributed by atoms with van der Waals surface area (Å²) in [5.74, 6) is 1.21. The van der Waals surface area contributed by atoms with Gasteiger partial charge >= 0.3 is 0 Å². The molecule has 32 heavy (non-hydrogen) atoms. The van der Waals surface area contributed by atoms with Crippen LogP contribution in [0.3, 0.4) is 0 Å². The molecule has 2 aromatic carbocycles. The quantitative estimate of drug-likeness (QED) is 0.305. The van der Waals surface area contributed by atoms with Gasteiger partial charge in [-0.15, -0.1) is 0 Å². The summed E-state index contributed by atoms with van der Waals surface area (Å²) in [6.45, 7) is 0. The van der Waals surface area contributed by atoms with E-state index in [1.165, 1.54) is 29.2 Å². The third-order valence-corrected chi connectivity index (χ3v) is 7.02. The second kappa shape index (κ2) is 8.38. The maximum Gasteiger partial charge on any atom is 0.290 e. The van der Waals surface area contributed by atoms with Crippen molar-refractivity contribution in [3.05, 3.63) is 69.9 Å². The van der Waals surface area contributed by atoms with E-state index in [-0.39, 0.29) is 15.9 Å². The first kappa shape index (κ1) is 20.7. The fourth-order valence-corrected chi connectivity index (χ4v) is 5.56. The van der Waals surface area contributed by atoms with Crippen LogP contribution in [0, 0.1) is 4.84 Å². The zero-order valence-corrected chi connectivity index (χ0v) is 19.3.